The van der Waals surface area contributed by atoms with Gasteiger partial charge in [0.15, 0.2) is 0 Å². The third-order valence-electron chi connectivity index (χ3n) is 3.03. The monoisotopic (exact) mass is 382 g/mol. The minimum absolute atomic E-state index is 0.135. The SMILES string of the molecule is O=C(CNc1ccc(Cl)cc1Cl)NNC(=O)c1ccc([N+](=O)[O-])cc1. The predicted molar refractivity (Wildman–Crippen MR) is 93.7 cm³/mol. The summed E-state index contributed by atoms with van der Waals surface area (Å²) in [6, 6.07) is 9.72. The maximum Gasteiger partial charge on any atom is 0.269 e. The molecule has 130 valence electrons. The van der Waals surface area contributed by atoms with Crippen LogP contribution >= 0.6 is 23.2 Å². The third-order valence-corrected chi connectivity index (χ3v) is 3.57. The van der Waals surface area contributed by atoms with Crippen LogP contribution in [0.4, 0.5) is 11.4 Å². The van der Waals surface area contributed by atoms with Crippen molar-refractivity contribution in [2.45, 2.75) is 0 Å². The Morgan fingerprint density at radius 3 is 2.32 bits per heavy atom. The van der Waals surface area contributed by atoms with E-state index in [1.165, 1.54) is 30.3 Å². The quantitative estimate of drug-likeness (QED) is 0.543. The number of hydrazine groups is 1. The molecule has 0 bridgehead atoms. The van der Waals surface area contributed by atoms with Crippen molar-refractivity contribution in [3.8, 4) is 0 Å². The number of hydrogen-bond donors (Lipinski definition) is 3. The van der Waals surface area contributed by atoms with Gasteiger partial charge in [0.05, 0.1) is 22.2 Å². The second kappa shape index (κ2) is 8.32. The lowest BCUT2D eigenvalue weighted by Gasteiger charge is -2.10. The highest BCUT2D eigenvalue weighted by atomic mass is 35.5. The number of nitro benzene ring substituents is 1. The molecule has 0 saturated heterocycles. The first-order valence-electron chi connectivity index (χ1n) is 6.89. The van der Waals surface area contributed by atoms with Gasteiger partial charge in [0, 0.05) is 22.7 Å². The van der Waals surface area contributed by atoms with E-state index >= 15 is 0 Å². The summed E-state index contributed by atoms with van der Waals surface area (Å²) in [5.74, 6) is -1.12. The molecule has 3 N–H and O–H groups in total. The number of anilines is 1. The first-order valence-corrected chi connectivity index (χ1v) is 7.65. The molecule has 0 heterocycles. The van der Waals surface area contributed by atoms with Crippen LogP contribution in [0, 0.1) is 10.1 Å². The van der Waals surface area contributed by atoms with Crippen LogP contribution in [-0.4, -0.2) is 23.3 Å². The van der Waals surface area contributed by atoms with Gasteiger partial charge in [0.2, 0.25) is 0 Å². The van der Waals surface area contributed by atoms with Gasteiger partial charge in [0.1, 0.15) is 0 Å². The fourth-order valence-electron chi connectivity index (χ4n) is 1.79. The molecule has 8 nitrogen and oxygen atoms in total. The third kappa shape index (κ3) is 5.33. The van der Waals surface area contributed by atoms with Crippen molar-refractivity contribution in [2.75, 3.05) is 11.9 Å². The largest absolute Gasteiger partial charge is 0.375 e. The fourth-order valence-corrected chi connectivity index (χ4v) is 2.26. The molecule has 0 radical (unpaired) electrons. The van der Waals surface area contributed by atoms with Gasteiger partial charge in [-0.25, -0.2) is 0 Å². The lowest BCUT2D eigenvalue weighted by molar-refractivity contribution is -0.384. The van der Waals surface area contributed by atoms with Gasteiger partial charge >= 0.3 is 0 Å². The molecule has 0 atom stereocenters. The Labute approximate surface area is 152 Å². The van der Waals surface area contributed by atoms with Gasteiger partial charge in [-0.3, -0.25) is 30.6 Å². The highest BCUT2D eigenvalue weighted by molar-refractivity contribution is 6.36. The second-order valence-electron chi connectivity index (χ2n) is 4.78. The topological polar surface area (TPSA) is 113 Å². The van der Waals surface area contributed by atoms with Gasteiger partial charge < -0.3 is 5.32 Å². The summed E-state index contributed by atoms with van der Waals surface area (Å²) in [6.45, 7) is -0.137. The van der Waals surface area contributed by atoms with E-state index in [0.717, 1.165) is 0 Å². The van der Waals surface area contributed by atoms with Crippen LogP contribution < -0.4 is 16.2 Å². The second-order valence-corrected chi connectivity index (χ2v) is 5.63. The molecule has 0 aliphatic heterocycles. The molecular formula is C15H12Cl2N4O4. The first kappa shape index (κ1) is 18.5. The summed E-state index contributed by atoms with van der Waals surface area (Å²) in [5, 5.41) is 14.2. The average molecular weight is 383 g/mol. The van der Waals surface area contributed by atoms with E-state index in [0.29, 0.717) is 15.7 Å². The zero-order chi connectivity index (χ0) is 18.4. The Kier molecular flexibility index (Phi) is 6.15. The van der Waals surface area contributed by atoms with E-state index in [1.54, 1.807) is 12.1 Å². The summed E-state index contributed by atoms with van der Waals surface area (Å²) < 4.78 is 0. The van der Waals surface area contributed by atoms with Crippen LogP contribution in [0.3, 0.4) is 0 Å². The van der Waals surface area contributed by atoms with Gasteiger partial charge in [0.25, 0.3) is 17.5 Å². The molecule has 0 aliphatic carbocycles. The van der Waals surface area contributed by atoms with Crippen molar-refractivity contribution in [3.63, 3.8) is 0 Å². The summed E-state index contributed by atoms with van der Waals surface area (Å²) in [5.41, 5.74) is 4.97. The van der Waals surface area contributed by atoms with Crippen LogP contribution in [0.1, 0.15) is 10.4 Å². The molecule has 10 heteroatoms. The van der Waals surface area contributed by atoms with E-state index in [-0.39, 0.29) is 17.8 Å². The van der Waals surface area contributed by atoms with E-state index in [2.05, 4.69) is 16.2 Å². The number of carbonyl (C=O) groups is 2. The molecule has 2 rings (SSSR count). The van der Waals surface area contributed by atoms with Crippen LogP contribution in [0.15, 0.2) is 42.5 Å². The Morgan fingerprint density at radius 1 is 1.04 bits per heavy atom. The maximum absolute atomic E-state index is 11.8. The number of amides is 2. The van der Waals surface area contributed by atoms with E-state index in [9.17, 15) is 19.7 Å². The molecule has 0 aliphatic rings. The molecule has 2 amide bonds. The normalized spacial score (nSPS) is 10.0. The standard InChI is InChI=1S/C15H12Cl2N4O4/c16-10-3-6-13(12(17)7-10)18-8-14(22)19-20-15(23)9-1-4-11(5-2-9)21(24)25/h1-7,18H,8H2,(H,19,22)(H,20,23). The summed E-state index contributed by atoms with van der Waals surface area (Å²) in [6.07, 6.45) is 0. The Balaban J connectivity index is 1.82. The minimum Gasteiger partial charge on any atom is -0.375 e. The lowest BCUT2D eigenvalue weighted by atomic mass is 10.2. The Hall–Kier alpha value is -2.84. The number of carbonyl (C=O) groups excluding carboxylic acids is 2. The number of halogens is 2. The number of nitrogens with one attached hydrogen (secondary N) is 3. The highest BCUT2D eigenvalue weighted by Crippen LogP contribution is 2.24. The number of non-ortho nitro benzene ring substituents is 1. The summed E-state index contributed by atoms with van der Waals surface area (Å²) in [4.78, 5) is 33.6. The number of nitro groups is 1. The number of hydrogen-bond acceptors (Lipinski definition) is 5. The van der Waals surface area contributed by atoms with Crippen molar-refractivity contribution in [1.82, 2.24) is 10.9 Å². The van der Waals surface area contributed by atoms with E-state index in [4.69, 9.17) is 23.2 Å². The molecule has 0 saturated carbocycles. The van der Waals surface area contributed by atoms with Crippen molar-refractivity contribution in [1.29, 1.82) is 0 Å². The maximum atomic E-state index is 11.8. The summed E-state index contributed by atoms with van der Waals surface area (Å²) >= 11 is 11.7. The van der Waals surface area contributed by atoms with Gasteiger partial charge in [-0.05, 0) is 30.3 Å². The van der Waals surface area contributed by atoms with Crippen molar-refractivity contribution in [2.24, 2.45) is 0 Å². The smallest absolute Gasteiger partial charge is 0.269 e. The zero-order valence-electron chi connectivity index (χ0n) is 12.6. The Morgan fingerprint density at radius 2 is 1.72 bits per heavy atom. The molecule has 0 spiro atoms. The first-order chi connectivity index (χ1) is 11.9. The zero-order valence-corrected chi connectivity index (χ0v) is 14.1. The number of nitrogens with zero attached hydrogens (tertiary/aromatic N) is 1. The van der Waals surface area contributed by atoms with E-state index < -0.39 is 16.7 Å². The minimum atomic E-state index is -0.604. The fraction of sp³-hybridized carbons (Fsp3) is 0.0667. The van der Waals surface area contributed by atoms with Crippen LogP contribution in [0.2, 0.25) is 10.0 Å². The molecule has 0 aromatic heterocycles. The number of rotatable bonds is 5. The number of benzene rings is 2. The van der Waals surface area contributed by atoms with Crippen LogP contribution in [0.25, 0.3) is 0 Å². The van der Waals surface area contributed by atoms with Crippen molar-refractivity contribution >= 4 is 46.4 Å². The van der Waals surface area contributed by atoms with Crippen LogP contribution in [0.5, 0.6) is 0 Å². The Bertz CT molecular complexity index is 812. The average Bonchev–Trinajstić information content (AvgIpc) is 2.59. The highest BCUT2D eigenvalue weighted by Gasteiger charge is 2.10. The molecule has 0 fully saturated rings. The molecule has 0 unspecified atom stereocenters. The van der Waals surface area contributed by atoms with Crippen LogP contribution in [-0.2, 0) is 4.79 Å². The molecule has 2 aromatic rings. The lowest BCUT2D eigenvalue weighted by Crippen LogP contribution is -2.44. The predicted octanol–water partition coefficient (Wildman–Crippen LogP) is 2.77. The van der Waals surface area contributed by atoms with Gasteiger partial charge in [-0.15, -0.1) is 0 Å². The molecular weight excluding hydrogens is 371 g/mol. The molecule has 25 heavy (non-hydrogen) atoms. The van der Waals surface area contributed by atoms with E-state index in [1.807, 2.05) is 0 Å². The molecule has 2 aromatic carbocycles. The van der Waals surface area contributed by atoms with Crippen molar-refractivity contribution in [3.05, 3.63) is 68.2 Å². The van der Waals surface area contributed by atoms with Crippen molar-refractivity contribution < 1.29 is 14.5 Å². The van der Waals surface area contributed by atoms with Gasteiger partial charge in [-0.1, -0.05) is 23.2 Å². The van der Waals surface area contributed by atoms with Gasteiger partial charge in [-0.2, -0.15) is 0 Å². The summed E-state index contributed by atoms with van der Waals surface area (Å²) in [7, 11) is 0.